The van der Waals surface area contributed by atoms with Crippen molar-refractivity contribution in [2.75, 3.05) is 19.0 Å². The van der Waals surface area contributed by atoms with Crippen molar-refractivity contribution in [2.45, 2.75) is 26.2 Å². The van der Waals surface area contributed by atoms with Crippen LogP contribution in [-0.4, -0.2) is 35.8 Å². The van der Waals surface area contributed by atoms with Gasteiger partial charge < -0.3 is 25.0 Å². The second-order valence-electron chi connectivity index (χ2n) is 6.99. The number of aromatic hydroxyl groups is 1. The van der Waals surface area contributed by atoms with Crippen molar-refractivity contribution in [2.24, 2.45) is 0 Å². The van der Waals surface area contributed by atoms with Crippen LogP contribution in [0.5, 0.6) is 17.2 Å². The third-order valence-corrected chi connectivity index (χ3v) is 3.87. The Morgan fingerprint density at radius 2 is 1.81 bits per heavy atom. The van der Waals surface area contributed by atoms with Gasteiger partial charge in [-0.05, 0) is 41.8 Å². The average Bonchev–Trinajstić information content (AvgIpc) is 2.60. The van der Waals surface area contributed by atoms with E-state index < -0.39 is 11.9 Å². The Bertz CT molecular complexity index is 854. The van der Waals surface area contributed by atoms with Crippen LogP contribution in [-0.2, 0) is 10.2 Å². The van der Waals surface area contributed by atoms with Crippen molar-refractivity contribution in [3.63, 3.8) is 0 Å². The summed E-state index contributed by atoms with van der Waals surface area (Å²) in [4.78, 5) is 23.2. The molecule has 0 bridgehead atoms. The summed E-state index contributed by atoms with van der Waals surface area (Å²) in [5.74, 6) is -0.680. The minimum absolute atomic E-state index is 0.00859. The van der Waals surface area contributed by atoms with Crippen molar-refractivity contribution in [1.82, 2.24) is 0 Å². The molecule has 1 amide bonds. The lowest BCUT2D eigenvalue weighted by Crippen LogP contribution is -2.22. The van der Waals surface area contributed by atoms with Crippen LogP contribution in [0, 0.1) is 0 Å². The number of carbonyl (C=O) groups excluding carboxylic acids is 1. The molecule has 7 heteroatoms. The third kappa shape index (κ3) is 5.13. The summed E-state index contributed by atoms with van der Waals surface area (Å²) in [6.07, 6.45) is 0. The van der Waals surface area contributed by atoms with E-state index in [4.69, 9.17) is 14.6 Å². The summed E-state index contributed by atoms with van der Waals surface area (Å²) in [5.41, 5.74) is 0.614. The molecule has 27 heavy (non-hydrogen) atoms. The van der Waals surface area contributed by atoms with Gasteiger partial charge in [-0.1, -0.05) is 20.8 Å². The number of carboxylic acid groups (broad SMARTS) is 1. The molecule has 3 N–H and O–H groups in total. The van der Waals surface area contributed by atoms with E-state index in [0.717, 1.165) is 5.56 Å². The summed E-state index contributed by atoms with van der Waals surface area (Å²) in [6, 6.07) is 8.97. The summed E-state index contributed by atoms with van der Waals surface area (Å²) >= 11 is 0. The Balaban J connectivity index is 2.13. The Hall–Kier alpha value is -3.22. The number of carbonyl (C=O) groups is 2. The van der Waals surface area contributed by atoms with Crippen LogP contribution < -0.4 is 14.8 Å². The standard InChI is InChI=1S/C20H23NO6/c1-20(2,3)14-10-13(26-4)6-8-17(14)27-11-18(23)21-15-9-12(19(24)25)5-7-16(15)22/h5-10,22H,11H2,1-4H3,(H,21,23)(H,24,25). The van der Waals surface area contributed by atoms with Crippen LogP contribution in [0.4, 0.5) is 5.69 Å². The summed E-state index contributed by atoms with van der Waals surface area (Å²) in [5, 5.41) is 21.3. The zero-order valence-electron chi connectivity index (χ0n) is 15.7. The molecule has 0 aromatic heterocycles. The molecule has 0 unspecified atom stereocenters. The first-order chi connectivity index (χ1) is 12.6. The molecule has 0 aliphatic heterocycles. The van der Waals surface area contributed by atoms with Gasteiger partial charge in [-0.25, -0.2) is 4.79 Å². The normalized spacial score (nSPS) is 11.0. The maximum Gasteiger partial charge on any atom is 0.335 e. The van der Waals surface area contributed by atoms with E-state index in [1.54, 1.807) is 19.2 Å². The fourth-order valence-electron chi connectivity index (χ4n) is 2.45. The number of methoxy groups -OCH3 is 1. The number of ether oxygens (including phenoxy) is 2. The van der Waals surface area contributed by atoms with Gasteiger partial charge in [-0.15, -0.1) is 0 Å². The zero-order chi connectivity index (χ0) is 20.2. The Morgan fingerprint density at radius 1 is 1.11 bits per heavy atom. The lowest BCUT2D eigenvalue weighted by atomic mass is 9.86. The maximum absolute atomic E-state index is 12.2. The fraction of sp³-hybridized carbons (Fsp3) is 0.300. The fourth-order valence-corrected chi connectivity index (χ4v) is 2.45. The second kappa shape index (κ2) is 7.99. The van der Waals surface area contributed by atoms with Gasteiger partial charge in [-0.3, -0.25) is 4.79 Å². The van der Waals surface area contributed by atoms with Crippen molar-refractivity contribution in [1.29, 1.82) is 0 Å². The van der Waals surface area contributed by atoms with Crippen LogP contribution in [0.3, 0.4) is 0 Å². The molecule has 2 rings (SSSR count). The summed E-state index contributed by atoms with van der Waals surface area (Å²) < 4.78 is 10.9. The van der Waals surface area contributed by atoms with Crippen molar-refractivity contribution in [3.05, 3.63) is 47.5 Å². The molecular formula is C20H23NO6. The highest BCUT2D eigenvalue weighted by atomic mass is 16.5. The van der Waals surface area contributed by atoms with Crippen LogP contribution in [0.25, 0.3) is 0 Å². The lowest BCUT2D eigenvalue weighted by molar-refractivity contribution is -0.118. The lowest BCUT2D eigenvalue weighted by Gasteiger charge is -2.23. The molecule has 0 saturated heterocycles. The van der Waals surface area contributed by atoms with E-state index >= 15 is 0 Å². The quantitative estimate of drug-likeness (QED) is 0.670. The molecule has 0 spiro atoms. The monoisotopic (exact) mass is 373 g/mol. The van der Waals surface area contributed by atoms with Crippen molar-refractivity contribution in [3.8, 4) is 17.2 Å². The van der Waals surface area contributed by atoms with E-state index in [1.807, 2.05) is 26.8 Å². The minimum Gasteiger partial charge on any atom is -0.506 e. The molecule has 0 aliphatic rings. The second-order valence-corrected chi connectivity index (χ2v) is 6.99. The van der Waals surface area contributed by atoms with E-state index in [-0.39, 0.29) is 29.0 Å². The van der Waals surface area contributed by atoms with Gasteiger partial charge in [0.05, 0.1) is 18.4 Å². The summed E-state index contributed by atoms with van der Waals surface area (Å²) in [6.45, 7) is 5.75. The topological polar surface area (TPSA) is 105 Å². The molecule has 0 heterocycles. The van der Waals surface area contributed by atoms with Crippen LogP contribution in [0.15, 0.2) is 36.4 Å². The number of hydrogen-bond acceptors (Lipinski definition) is 5. The number of rotatable bonds is 6. The number of carboxylic acids is 1. The number of anilines is 1. The SMILES string of the molecule is COc1ccc(OCC(=O)Nc2cc(C(=O)O)ccc2O)c(C(C)(C)C)c1. The third-order valence-electron chi connectivity index (χ3n) is 3.87. The van der Waals surface area contributed by atoms with Gasteiger partial charge in [0.15, 0.2) is 6.61 Å². The number of aromatic carboxylic acids is 1. The molecule has 0 fully saturated rings. The maximum atomic E-state index is 12.2. The van der Waals surface area contributed by atoms with Crippen LogP contribution >= 0.6 is 0 Å². The minimum atomic E-state index is -1.16. The Kier molecular flexibility index (Phi) is 5.95. The van der Waals surface area contributed by atoms with E-state index in [1.165, 1.54) is 18.2 Å². The van der Waals surface area contributed by atoms with Crippen molar-refractivity contribution >= 4 is 17.6 Å². The molecule has 7 nitrogen and oxygen atoms in total. The highest BCUT2D eigenvalue weighted by Crippen LogP contribution is 2.34. The molecule has 2 aromatic rings. The van der Waals surface area contributed by atoms with Gasteiger partial charge in [0, 0.05) is 5.56 Å². The predicted molar refractivity (Wildman–Crippen MR) is 101 cm³/mol. The Morgan fingerprint density at radius 3 is 2.41 bits per heavy atom. The number of phenols is 1. The van der Waals surface area contributed by atoms with Crippen LogP contribution in [0.1, 0.15) is 36.7 Å². The van der Waals surface area contributed by atoms with Gasteiger partial charge in [-0.2, -0.15) is 0 Å². The largest absolute Gasteiger partial charge is 0.506 e. The summed E-state index contributed by atoms with van der Waals surface area (Å²) in [7, 11) is 1.58. The molecule has 0 radical (unpaired) electrons. The van der Waals surface area contributed by atoms with Gasteiger partial charge in [0.2, 0.25) is 0 Å². The Labute approximate surface area is 157 Å². The van der Waals surface area contributed by atoms with Crippen LogP contribution in [0.2, 0.25) is 0 Å². The average molecular weight is 373 g/mol. The highest BCUT2D eigenvalue weighted by molar-refractivity contribution is 5.96. The predicted octanol–water partition coefficient (Wildman–Crippen LogP) is 3.41. The number of phenolic OH excluding ortho intramolecular Hbond substituents is 1. The number of amides is 1. The molecule has 0 saturated carbocycles. The molecule has 144 valence electrons. The first kappa shape index (κ1) is 20.1. The highest BCUT2D eigenvalue weighted by Gasteiger charge is 2.21. The van der Waals surface area contributed by atoms with Gasteiger partial charge >= 0.3 is 5.97 Å². The van der Waals surface area contributed by atoms with E-state index in [0.29, 0.717) is 11.5 Å². The van der Waals surface area contributed by atoms with Crippen molar-refractivity contribution < 1.29 is 29.3 Å². The number of nitrogens with one attached hydrogen (secondary N) is 1. The zero-order valence-corrected chi connectivity index (χ0v) is 15.7. The van der Waals surface area contributed by atoms with Gasteiger partial charge in [0.25, 0.3) is 5.91 Å². The number of hydrogen-bond donors (Lipinski definition) is 3. The van der Waals surface area contributed by atoms with E-state index in [9.17, 15) is 14.7 Å². The molecule has 0 aliphatic carbocycles. The first-order valence-electron chi connectivity index (χ1n) is 8.29. The smallest absolute Gasteiger partial charge is 0.335 e. The number of benzene rings is 2. The first-order valence-corrected chi connectivity index (χ1v) is 8.29. The molecular weight excluding hydrogens is 350 g/mol. The molecule has 2 aromatic carbocycles. The van der Waals surface area contributed by atoms with Gasteiger partial charge in [0.1, 0.15) is 17.2 Å². The van der Waals surface area contributed by atoms with E-state index in [2.05, 4.69) is 5.32 Å². The molecule has 0 atom stereocenters.